The summed E-state index contributed by atoms with van der Waals surface area (Å²) in [5.74, 6) is 0. The van der Waals surface area contributed by atoms with Crippen LogP contribution in [0.3, 0.4) is 0 Å². The summed E-state index contributed by atoms with van der Waals surface area (Å²) < 4.78 is 4.35. The van der Waals surface area contributed by atoms with E-state index in [9.17, 15) is 0 Å². The largest absolute Gasteiger partial charge is 0.396 e. The van der Waals surface area contributed by atoms with Gasteiger partial charge in [-0.1, -0.05) is 18.2 Å². The topological polar surface area (TPSA) is 35.9 Å². The van der Waals surface area contributed by atoms with Crippen LogP contribution < -0.4 is 5.73 Å². The van der Waals surface area contributed by atoms with E-state index in [0.29, 0.717) is 0 Å². The lowest BCUT2D eigenvalue weighted by molar-refractivity contribution is 0.923. The van der Waals surface area contributed by atoms with Crippen molar-refractivity contribution in [1.29, 1.82) is 0 Å². The number of nitrogens with two attached hydrogens (primary N) is 1. The van der Waals surface area contributed by atoms with Crippen molar-refractivity contribution in [3.05, 3.63) is 30.0 Å². The minimum atomic E-state index is 0.885. The standard InChI is InChI=1S/C13H15N3/c1-8-11(14)13-12(15(8)2)9-6-4-5-7-10(9)16(13)3/h4-7H,14H2,1-3H3. The molecule has 0 bridgehead atoms. The van der Waals surface area contributed by atoms with Crippen molar-refractivity contribution in [3.8, 4) is 0 Å². The molecule has 3 rings (SSSR count). The van der Waals surface area contributed by atoms with E-state index in [4.69, 9.17) is 5.73 Å². The normalized spacial score (nSPS) is 11.7. The van der Waals surface area contributed by atoms with Gasteiger partial charge in [-0.2, -0.15) is 0 Å². The van der Waals surface area contributed by atoms with Gasteiger partial charge in [0.2, 0.25) is 0 Å². The third-order valence-electron chi connectivity index (χ3n) is 3.56. The van der Waals surface area contributed by atoms with Crippen LogP contribution in [0.5, 0.6) is 0 Å². The summed E-state index contributed by atoms with van der Waals surface area (Å²) in [7, 11) is 4.14. The number of fused-ring (bicyclic) bond motifs is 3. The molecule has 0 amide bonds. The second-order valence-electron chi connectivity index (χ2n) is 4.33. The van der Waals surface area contributed by atoms with E-state index in [-0.39, 0.29) is 0 Å². The Morgan fingerprint density at radius 3 is 2.44 bits per heavy atom. The van der Waals surface area contributed by atoms with Crippen LogP contribution in [0.2, 0.25) is 0 Å². The molecule has 16 heavy (non-hydrogen) atoms. The van der Waals surface area contributed by atoms with E-state index < -0.39 is 0 Å². The number of hydrogen-bond acceptors (Lipinski definition) is 1. The van der Waals surface area contributed by atoms with Gasteiger partial charge in [-0.25, -0.2) is 0 Å². The van der Waals surface area contributed by atoms with E-state index in [0.717, 1.165) is 16.9 Å². The van der Waals surface area contributed by atoms with Gasteiger partial charge in [-0.05, 0) is 13.0 Å². The fraction of sp³-hybridized carbons (Fsp3) is 0.231. The van der Waals surface area contributed by atoms with Gasteiger partial charge in [0.05, 0.1) is 22.2 Å². The Morgan fingerprint density at radius 2 is 1.69 bits per heavy atom. The van der Waals surface area contributed by atoms with Crippen molar-refractivity contribution < 1.29 is 0 Å². The minimum absolute atomic E-state index is 0.885. The zero-order valence-electron chi connectivity index (χ0n) is 9.78. The van der Waals surface area contributed by atoms with Crippen molar-refractivity contribution in [1.82, 2.24) is 9.13 Å². The van der Waals surface area contributed by atoms with Gasteiger partial charge in [0.1, 0.15) is 0 Å². The number of nitrogens with zero attached hydrogens (tertiary/aromatic N) is 2. The second kappa shape index (κ2) is 2.82. The van der Waals surface area contributed by atoms with Crippen molar-refractivity contribution in [3.63, 3.8) is 0 Å². The Bertz CT molecular complexity index is 701. The number of aromatic nitrogens is 2. The maximum atomic E-state index is 6.16. The van der Waals surface area contributed by atoms with E-state index in [2.05, 4.69) is 54.4 Å². The zero-order valence-corrected chi connectivity index (χ0v) is 9.78. The molecule has 2 N–H and O–H groups in total. The van der Waals surface area contributed by atoms with Gasteiger partial charge >= 0.3 is 0 Å². The molecule has 2 heterocycles. The molecule has 3 nitrogen and oxygen atoms in total. The van der Waals surface area contributed by atoms with Crippen LogP contribution in [0.15, 0.2) is 24.3 Å². The summed E-state index contributed by atoms with van der Waals surface area (Å²) in [6.07, 6.45) is 0. The maximum Gasteiger partial charge on any atom is 0.0907 e. The van der Waals surface area contributed by atoms with E-state index >= 15 is 0 Å². The van der Waals surface area contributed by atoms with Crippen LogP contribution in [0.4, 0.5) is 5.69 Å². The molecule has 0 saturated heterocycles. The first-order chi connectivity index (χ1) is 7.63. The monoisotopic (exact) mass is 213 g/mol. The quantitative estimate of drug-likeness (QED) is 0.612. The second-order valence-corrected chi connectivity index (χ2v) is 4.33. The molecule has 82 valence electrons. The summed E-state index contributed by atoms with van der Waals surface area (Å²) in [5, 5.41) is 1.27. The molecule has 2 aromatic heterocycles. The maximum absolute atomic E-state index is 6.16. The SMILES string of the molecule is Cc1c(N)c2c(c3ccccc3n2C)n1C. The van der Waals surface area contributed by atoms with Crippen molar-refractivity contribution in [2.75, 3.05) is 5.73 Å². The third kappa shape index (κ3) is 0.883. The summed E-state index contributed by atoms with van der Waals surface area (Å²) in [6, 6.07) is 8.41. The van der Waals surface area contributed by atoms with Crippen molar-refractivity contribution >= 4 is 27.6 Å². The Balaban J connectivity index is 2.71. The minimum Gasteiger partial charge on any atom is -0.396 e. The molecular formula is C13H15N3. The molecule has 0 aliphatic carbocycles. The molecule has 0 aliphatic rings. The molecule has 0 atom stereocenters. The van der Waals surface area contributed by atoms with Crippen LogP contribution in [-0.4, -0.2) is 9.13 Å². The van der Waals surface area contributed by atoms with Crippen LogP contribution in [-0.2, 0) is 14.1 Å². The van der Waals surface area contributed by atoms with Gasteiger partial charge in [0.25, 0.3) is 0 Å². The highest BCUT2D eigenvalue weighted by Gasteiger charge is 2.16. The Morgan fingerprint density at radius 1 is 1.00 bits per heavy atom. The highest BCUT2D eigenvalue weighted by molar-refractivity contribution is 6.11. The van der Waals surface area contributed by atoms with E-state index in [1.807, 2.05) is 0 Å². The lowest BCUT2D eigenvalue weighted by Gasteiger charge is -2.01. The van der Waals surface area contributed by atoms with Crippen LogP contribution in [0.1, 0.15) is 5.69 Å². The Kier molecular flexibility index (Phi) is 1.64. The average molecular weight is 213 g/mol. The average Bonchev–Trinajstić information content (AvgIpc) is 2.71. The Labute approximate surface area is 94.1 Å². The predicted octanol–water partition coefficient (Wildman–Crippen LogP) is 2.56. The molecule has 3 heteroatoms. The van der Waals surface area contributed by atoms with Gasteiger partial charge < -0.3 is 14.9 Å². The summed E-state index contributed by atoms with van der Waals surface area (Å²) in [6.45, 7) is 2.06. The van der Waals surface area contributed by atoms with E-state index in [1.54, 1.807) is 0 Å². The van der Waals surface area contributed by atoms with Crippen LogP contribution in [0, 0.1) is 6.92 Å². The number of benzene rings is 1. The summed E-state index contributed by atoms with van der Waals surface area (Å²) in [4.78, 5) is 0. The van der Waals surface area contributed by atoms with Gasteiger partial charge in [0.15, 0.2) is 0 Å². The van der Waals surface area contributed by atoms with Gasteiger partial charge in [-0.15, -0.1) is 0 Å². The van der Waals surface area contributed by atoms with Gasteiger partial charge in [0, 0.05) is 25.2 Å². The predicted molar refractivity (Wildman–Crippen MR) is 68.5 cm³/mol. The number of hydrogen-bond donors (Lipinski definition) is 1. The first-order valence-corrected chi connectivity index (χ1v) is 5.40. The smallest absolute Gasteiger partial charge is 0.0907 e. The lowest BCUT2D eigenvalue weighted by atomic mass is 10.2. The first-order valence-electron chi connectivity index (χ1n) is 5.40. The van der Waals surface area contributed by atoms with E-state index in [1.165, 1.54) is 16.4 Å². The number of anilines is 1. The molecule has 0 aliphatic heterocycles. The highest BCUT2D eigenvalue weighted by atomic mass is 15.1. The molecule has 0 spiro atoms. The molecule has 1 aromatic carbocycles. The number of nitrogen functional groups attached to an aromatic ring is 1. The number of aryl methyl sites for hydroxylation is 2. The zero-order chi connectivity index (χ0) is 11.4. The third-order valence-corrected chi connectivity index (χ3v) is 3.56. The molecule has 0 unspecified atom stereocenters. The Hall–Kier alpha value is -1.90. The van der Waals surface area contributed by atoms with Crippen molar-refractivity contribution in [2.24, 2.45) is 14.1 Å². The first kappa shape index (κ1) is 9.33. The fourth-order valence-corrected chi connectivity index (χ4v) is 2.54. The number of rotatable bonds is 0. The van der Waals surface area contributed by atoms with Crippen LogP contribution >= 0.6 is 0 Å². The molecule has 0 fully saturated rings. The summed E-state index contributed by atoms with van der Waals surface area (Å²) >= 11 is 0. The van der Waals surface area contributed by atoms with Crippen molar-refractivity contribution in [2.45, 2.75) is 6.92 Å². The fourth-order valence-electron chi connectivity index (χ4n) is 2.54. The molecular weight excluding hydrogens is 198 g/mol. The summed E-state index contributed by atoms with van der Waals surface area (Å²) in [5.41, 5.74) is 11.8. The molecule has 0 saturated carbocycles. The molecule has 0 radical (unpaired) electrons. The van der Waals surface area contributed by atoms with Gasteiger partial charge in [-0.3, -0.25) is 0 Å². The number of para-hydroxylation sites is 1. The lowest BCUT2D eigenvalue weighted by Crippen LogP contribution is -1.94. The van der Waals surface area contributed by atoms with Crippen LogP contribution in [0.25, 0.3) is 21.9 Å². The molecule has 3 aromatic rings. The highest BCUT2D eigenvalue weighted by Crippen LogP contribution is 2.34.